The van der Waals surface area contributed by atoms with Gasteiger partial charge in [0.25, 0.3) is 0 Å². The van der Waals surface area contributed by atoms with Gasteiger partial charge >= 0.3 is 0 Å². The van der Waals surface area contributed by atoms with Crippen molar-refractivity contribution in [3.05, 3.63) is 41.5 Å². The zero-order valence-corrected chi connectivity index (χ0v) is 22.3. The molecule has 0 saturated heterocycles. The highest BCUT2D eigenvalue weighted by Gasteiger charge is 2.22. The molecule has 0 aromatic heterocycles. The van der Waals surface area contributed by atoms with Gasteiger partial charge in [-0.3, -0.25) is 0 Å². The third-order valence-electron chi connectivity index (χ3n) is 8.80. The van der Waals surface area contributed by atoms with Crippen LogP contribution < -0.4 is 0 Å². The highest BCUT2D eigenvalue weighted by Crippen LogP contribution is 2.39. The van der Waals surface area contributed by atoms with Crippen LogP contribution in [-0.4, -0.2) is 0 Å². The van der Waals surface area contributed by atoms with Gasteiger partial charge in [-0.15, -0.1) is 0 Å². The van der Waals surface area contributed by atoms with Gasteiger partial charge in [-0.1, -0.05) is 128 Å². The van der Waals surface area contributed by atoms with Gasteiger partial charge < -0.3 is 0 Å². The lowest BCUT2D eigenvalue weighted by atomic mass is 9.76. The molecule has 186 valence electrons. The van der Waals surface area contributed by atoms with Gasteiger partial charge in [0.05, 0.1) is 0 Å². The summed E-state index contributed by atoms with van der Waals surface area (Å²) in [4.78, 5) is 0. The molecule has 0 amide bonds. The van der Waals surface area contributed by atoms with E-state index in [0.29, 0.717) is 0 Å². The first kappa shape index (κ1) is 26.6. The molecule has 1 unspecified atom stereocenters. The predicted molar refractivity (Wildman–Crippen MR) is 148 cm³/mol. The molecule has 0 N–H and O–H groups in total. The Morgan fingerprint density at radius 1 is 0.606 bits per heavy atom. The fourth-order valence-electron chi connectivity index (χ4n) is 6.42. The summed E-state index contributed by atoms with van der Waals surface area (Å²) in [6.07, 6.45) is 31.1. The fraction of sp³-hybridized carbons (Fsp3) is 0.758. The van der Waals surface area contributed by atoms with Gasteiger partial charge in [0.15, 0.2) is 0 Å². The lowest BCUT2D eigenvalue weighted by molar-refractivity contribution is 0.302. The third-order valence-corrected chi connectivity index (χ3v) is 8.80. The van der Waals surface area contributed by atoms with E-state index in [9.17, 15) is 0 Å². The van der Waals surface area contributed by atoms with Gasteiger partial charge in [0.2, 0.25) is 0 Å². The molecule has 33 heavy (non-hydrogen) atoms. The van der Waals surface area contributed by atoms with Crippen molar-refractivity contribution in [3.8, 4) is 0 Å². The Morgan fingerprint density at radius 3 is 1.79 bits per heavy atom. The van der Waals surface area contributed by atoms with Crippen molar-refractivity contribution in [1.82, 2.24) is 0 Å². The third kappa shape index (κ3) is 9.62. The molecule has 0 bridgehead atoms. The standard InChI is InChI=1S/C33H54/c1-3-5-7-9-10-11-13-15-29-18-22-31(23-19-29)33-26-24-32(25-27-33)30-20-16-28(17-21-30)14-12-8-6-4-2/h22,24-30H,3-21,23H2,1-2H3. The topological polar surface area (TPSA) is 0 Å². The molecule has 0 aliphatic heterocycles. The number of hydrogen-bond donors (Lipinski definition) is 0. The molecule has 2 aliphatic carbocycles. The number of rotatable bonds is 15. The molecule has 1 atom stereocenters. The Labute approximate surface area is 207 Å². The van der Waals surface area contributed by atoms with Crippen molar-refractivity contribution in [1.29, 1.82) is 0 Å². The van der Waals surface area contributed by atoms with Crippen molar-refractivity contribution in [2.45, 2.75) is 148 Å². The molecule has 3 rings (SSSR count). The zero-order chi connectivity index (χ0) is 23.1. The van der Waals surface area contributed by atoms with Crippen LogP contribution in [0.5, 0.6) is 0 Å². The maximum absolute atomic E-state index is 2.58. The van der Waals surface area contributed by atoms with E-state index in [2.05, 4.69) is 44.2 Å². The Kier molecular flexibility index (Phi) is 12.7. The van der Waals surface area contributed by atoms with Gasteiger partial charge in [0, 0.05) is 0 Å². The SMILES string of the molecule is CCCCCCCCCC1CC=C(c2ccc(C3CCC(CCCCCC)CC3)cc2)CC1. The van der Waals surface area contributed by atoms with E-state index in [0.717, 1.165) is 17.8 Å². The second kappa shape index (κ2) is 15.8. The maximum Gasteiger partial charge on any atom is -0.0162 e. The summed E-state index contributed by atoms with van der Waals surface area (Å²) in [7, 11) is 0. The molecular formula is C33H54. The quantitative estimate of drug-likeness (QED) is 0.233. The van der Waals surface area contributed by atoms with E-state index in [1.807, 2.05) is 0 Å². The Morgan fingerprint density at radius 2 is 1.18 bits per heavy atom. The fourth-order valence-corrected chi connectivity index (χ4v) is 6.42. The number of hydrogen-bond acceptors (Lipinski definition) is 0. The Hall–Kier alpha value is -1.04. The van der Waals surface area contributed by atoms with E-state index in [-0.39, 0.29) is 0 Å². The molecule has 0 radical (unpaired) electrons. The lowest BCUT2D eigenvalue weighted by Crippen LogP contribution is -2.13. The number of unbranched alkanes of at least 4 members (excludes halogenated alkanes) is 9. The van der Waals surface area contributed by atoms with Crippen LogP contribution in [0.4, 0.5) is 0 Å². The molecule has 1 saturated carbocycles. The van der Waals surface area contributed by atoms with Crippen molar-refractivity contribution in [2.24, 2.45) is 11.8 Å². The predicted octanol–water partition coefficient (Wildman–Crippen LogP) is 11.3. The molecule has 0 heteroatoms. The minimum absolute atomic E-state index is 0.817. The highest BCUT2D eigenvalue weighted by atomic mass is 14.3. The minimum Gasteiger partial charge on any atom is -0.0804 e. The first-order valence-corrected chi connectivity index (χ1v) is 15.1. The van der Waals surface area contributed by atoms with E-state index in [1.165, 1.54) is 134 Å². The van der Waals surface area contributed by atoms with Crippen molar-refractivity contribution < 1.29 is 0 Å². The van der Waals surface area contributed by atoms with Crippen LogP contribution >= 0.6 is 0 Å². The largest absolute Gasteiger partial charge is 0.0804 e. The molecule has 0 heterocycles. The van der Waals surface area contributed by atoms with Gasteiger partial charge in [-0.2, -0.15) is 0 Å². The molecule has 0 nitrogen and oxygen atoms in total. The maximum atomic E-state index is 2.58. The molecule has 1 fully saturated rings. The number of allylic oxidation sites excluding steroid dienone is 2. The zero-order valence-electron chi connectivity index (χ0n) is 22.3. The monoisotopic (exact) mass is 450 g/mol. The van der Waals surface area contributed by atoms with E-state index in [4.69, 9.17) is 0 Å². The van der Waals surface area contributed by atoms with Crippen LogP contribution in [0.15, 0.2) is 30.3 Å². The van der Waals surface area contributed by atoms with Crippen molar-refractivity contribution >= 4 is 5.57 Å². The van der Waals surface area contributed by atoms with E-state index >= 15 is 0 Å². The van der Waals surface area contributed by atoms with Crippen LogP contribution in [0, 0.1) is 11.8 Å². The summed E-state index contributed by atoms with van der Waals surface area (Å²) in [5, 5.41) is 0. The summed E-state index contributed by atoms with van der Waals surface area (Å²) in [5.74, 6) is 2.78. The van der Waals surface area contributed by atoms with Crippen molar-refractivity contribution in [2.75, 3.05) is 0 Å². The average molecular weight is 451 g/mol. The summed E-state index contributed by atoms with van der Waals surface area (Å²) in [5.41, 5.74) is 4.72. The van der Waals surface area contributed by atoms with Crippen LogP contribution in [-0.2, 0) is 0 Å². The first-order valence-electron chi connectivity index (χ1n) is 15.1. The Balaban J connectivity index is 1.34. The highest BCUT2D eigenvalue weighted by molar-refractivity contribution is 5.66. The minimum atomic E-state index is 0.817. The van der Waals surface area contributed by atoms with Gasteiger partial charge in [-0.05, 0) is 79.4 Å². The molecule has 0 spiro atoms. The van der Waals surface area contributed by atoms with E-state index < -0.39 is 0 Å². The van der Waals surface area contributed by atoms with Gasteiger partial charge in [0.1, 0.15) is 0 Å². The molecule has 1 aromatic rings. The lowest BCUT2D eigenvalue weighted by Gasteiger charge is -2.29. The van der Waals surface area contributed by atoms with Crippen LogP contribution in [0.1, 0.15) is 159 Å². The summed E-state index contributed by atoms with van der Waals surface area (Å²) in [6.45, 7) is 4.62. The van der Waals surface area contributed by atoms with Crippen LogP contribution in [0.25, 0.3) is 5.57 Å². The normalized spacial score (nSPS) is 23.5. The second-order valence-electron chi connectivity index (χ2n) is 11.5. The summed E-state index contributed by atoms with van der Waals surface area (Å²) in [6, 6.07) is 9.81. The van der Waals surface area contributed by atoms with Crippen LogP contribution in [0.3, 0.4) is 0 Å². The molecular weight excluding hydrogens is 396 g/mol. The van der Waals surface area contributed by atoms with E-state index in [1.54, 1.807) is 11.1 Å². The van der Waals surface area contributed by atoms with Crippen molar-refractivity contribution in [3.63, 3.8) is 0 Å². The number of benzene rings is 1. The first-order chi connectivity index (χ1) is 16.3. The molecule has 1 aromatic carbocycles. The Bertz CT molecular complexity index is 643. The average Bonchev–Trinajstić information content (AvgIpc) is 2.87. The molecule has 2 aliphatic rings. The van der Waals surface area contributed by atoms with Crippen LogP contribution in [0.2, 0.25) is 0 Å². The van der Waals surface area contributed by atoms with Gasteiger partial charge in [-0.25, -0.2) is 0 Å². The summed E-state index contributed by atoms with van der Waals surface area (Å²) < 4.78 is 0. The summed E-state index contributed by atoms with van der Waals surface area (Å²) >= 11 is 0. The second-order valence-corrected chi connectivity index (χ2v) is 11.5. The smallest absolute Gasteiger partial charge is 0.0162 e.